The van der Waals surface area contributed by atoms with Gasteiger partial charge >= 0.3 is 0 Å². The van der Waals surface area contributed by atoms with Crippen molar-refractivity contribution in [2.45, 2.75) is 44.7 Å². The van der Waals surface area contributed by atoms with E-state index in [9.17, 15) is 0 Å². The van der Waals surface area contributed by atoms with Crippen LogP contribution < -0.4 is 15.5 Å². The standard InChI is InChI=1S/C17H29N3/c1-15(14-16-8-6-11-19-16)18-12-7-13-20(2)17-9-4-3-5-10-17/h3-5,9-10,15-16,18-19H,6-8,11-14H2,1-2H3. The molecule has 0 amide bonds. The van der Waals surface area contributed by atoms with Crippen LogP contribution in [-0.2, 0) is 0 Å². The van der Waals surface area contributed by atoms with Crippen molar-refractivity contribution in [3.8, 4) is 0 Å². The van der Waals surface area contributed by atoms with Gasteiger partial charge in [0.1, 0.15) is 0 Å². The molecule has 0 radical (unpaired) electrons. The Hall–Kier alpha value is -1.06. The molecule has 3 nitrogen and oxygen atoms in total. The van der Waals surface area contributed by atoms with Crippen molar-refractivity contribution >= 4 is 5.69 Å². The average Bonchev–Trinajstić information content (AvgIpc) is 2.97. The highest BCUT2D eigenvalue weighted by atomic mass is 15.1. The van der Waals surface area contributed by atoms with E-state index in [-0.39, 0.29) is 0 Å². The molecule has 2 N–H and O–H groups in total. The SMILES string of the molecule is CC(CC1CCCN1)NCCCN(C)c1ccccc1. The highest BCUT2D eigenvalue weighted by Crippen LogP contribution is 2.12. The van der Waals surface area contributed by atoms with Crippen LogP contribution in [0.2, 0.25) is 0 Å². The molecule has 1 aliphatic heterocycles. The Bertz CT molecular complexity index is 360. The monoisotopic (exact) mass is 275 g/mol. The van der Waals surface area contributed by atoms with Crippen molar-refractivity contribution in [3.63, 3.8) is 0 Å². The van der Waals surface area contributed by atoms with Crippen LogP contribution in [0.15, 0.2) is 30.3 Å². The van der Waals surface area contributed by atoms with Gasteiger partial charge in [0.2, 0.25) is 0 Å². The van der Waals surface area contributed by atoms with Gasteiger partial charge in [0.05, 0.1) is 0 Å². The lowest BCUT2D eigenvalue weighted by Crippen LogP contribution is -2.35. The molecule has 1 aromatic rings. The normalized spacial score (nSPS) is 20.0. The number of hydrogen-bond acceptors (Lipinski definition) is 3. The molecule has 2 rings (SSSR count). The second-order valence-corrected chi connectivity index (χ2v) is 5.99. The maximum Gasteiger partial charge on any atom is 0.0363 e. The van der Waals surface area contributed by atoms with Crippen LogP contribution in [0.3, 0.4) is 0 Å². The predicted octanol–water partition coefficient (Wildman–Crippen LogP) is 2.63. The molecule has 1 fully saturated rings. The number of hydrogen-bond donors (Lipinski definition) is 2. The largest absolute Gasteiger partial charge is 0.375 e. The lowest BCUT2D eigenvalue weighted by Gasteiger charge is -2.21. The van der Waals surface area contributed by atoms with Crippen LogP contribution in [0.5, 0.6) is 0 Å². The number of nitrogens with zero attached hydrogens (tertiary/aromatic N) is 1. The first kappa shape index (κ1) is 15.3. The van der Waals surface area contributed by atoms with Gasteiger partial charge in [-0.2, -0.15) is 0 Å². The van der Waals surface area contributed by atoms with Crippen LogP contribution in [0.4, 0.5) is 5.69 Å². The molecule has 1 aliphatic rings. The van der Waals surface area contributed by atoms with Crippen molar-refractivity contribution in [2.75, 3.05) is 31.6 Å². The summed E-state index contributed by atoms with van der Waals surface area (Å²) in [6.07, 6.45) is 5.14. The molecular formula is C17H29N3. The smallest absolute Gasteiger partial charge is 0.0363 e. The van der Waals surface area contributed by atoms with E-state index in [1.807, 2.05) is 0 Å². The van der Waals surface area contributed by atoms with Crippen LogP contribution in [0, 0.1) is 0 Å². The highest BCUT2D eigenvalue weighted by Gasteiger charge is 2.16. The fourth-order valence-corrected chi connectivity index (χ4v) is 2.94. The third kappa shape index (κ3) is 5.14. The molecule has 112 valence electrons. The predicted molar refractivity (Wildman–Crippen MR) is 87.4 cm³/mol. The quantitative estimate of drug-likeness (QED) is 0.714. The first-order chi connectivity index (χ1) is 9.75. The van der Waals surface area contributed by atoms with Crippen molar-refractivity contribution in [1.29, 1.82) is 0 Å². The molecule has 3 heteroatoms. The molecule has 1 saturated heterocycles. The van der Waals surface area contributed by atoms with E-state index in [0.717, 1.165) is 19.1 Å². The van der Waals surface area contributed by atoms with Crippen LogP contribution in [0.1, 0.15) is 32.6 Å². The van der Waals surface area contributed by atoms with Crippen LogP contribution in [-0.4, -0.2) is 38.8 Å². The third-order valence-corrected chi connectivity index (χ3v) is 4.16. The number of anilines is 1. The molecule has 0 aliphatic carbocycles. The zero-order chi connectivity index (χ0) is 14.2. The van der Waals surface area contributed by atoms with Crippen LogP contribution in [0.25, 0.3) is 0 Å². The molecular weight excluding hydrogens is 246 g/mol. The van der Waals surface area contributed by atoms with E-state index >= 15 is 0 Å². The Morgan fingerprint density at radius 2 is 2.15 bits per heavy atom. The van der Waals surface area contributed by atoms with Crippen molar-refractivity contribution < 1.29 is 0 Å². The Morgan fingerprint density at radius 1 is 1.35 bits per heavy atom. The Morgan fingerprint density at radius 3 is 2.85 bits per heavy atom. The van der Waals surface area contributed by atoms with Gasteiger partial charge in [-0.3, -0.25) is 0 Å². The summed E-state index contributed by atoms with van der Waals surface area (Å²) in [5, 5.41) is 7.22. The fourth-order valence-electron chi connectivity index (χ4n) is 2.94. The Balaban J connectivity index is 1.56. The fraction of sp³-hybridized carbons (Fsp3) is 0.647. The number of rotatable bonds is 8. The van der Waals surface area contributed by atoms with Gasteiger partial charge in [0.25, 0.3) is 0 Å². The number of para-hydroxylation sites is 1. The van der Waals surface area contributed by atoms with Gasteiger partial charge < -0.3 is 15.5 Å². The summed E-state index contributed by atoms with van der Waals surface area (Å²) in [6, 6.07) is 12.0. The van der Waals surface area contributed by atoms with E-state index < -0.39 is 0 Å². The molecule has 2 atom stereocenters. The van der Waals surface area contributed by atoms with E-state index in [4.69, 9.17) is 0 Å². The summed E-state index contributed by atoms with van der Waals surface area (Å²) in [5.74, 6) is 0. The van der Waals surface area contributed by atoms with Gasteiger partial charge in [-0.25, -0.2) is 0 Å². The number of benzene rings is 1. The first-order valence-electron chi connectivity index (χ1n) is 7.98. The van der Waals surface area contributed by atoms with E-state index in [0.29, 0.717) is 6.04 Å². The molecule has 1 aromatic carbocycles. The minimum Gasteiger partial charge on any atom is -0.375 e. The zero-order valence-electron chi connectivity index (χ0n) is 12.9. The van der Waals surface area contributed by atoms with Crippen molar-refractivity contribution in [2.24, 2.45) is 0 Å². The van der Waals surface area contributed by atoms with E-state index in [1.165, 1.54) is 37.9 Å². The van der Waals surface area contributed by atoms with Crippen LogP contribution >= 0.6 is 0 Å². The minimum atomic E-state index is 0.618. The second kappa shape index (κ2) is 8.28. The summed E-state index contributed by atoms with van der Waals surface area (Å²) in [5.41, 5.74) is 1.30. The average molecular weight is 275 g/mol. The molecule has 0 spiro atoms. The summed E-state index contributed by atoms with van der Waals surface area (Å²) in [6.45, 7) is 5.72. The lowest BCUT2D eigenvalue weighted by atomic mass is 10.1. The van der Waals surface area contributed by atoms with Gasteiger partial charge in [-0.15, -0.1) is 0 Å². The molecule has 0 saturated carbocycles. The van der Waals surface area contributed by atoms with Crippen molar-refractivity contribution in [3.05, 3.63) is 30.3 Å². The van der Waals surface area contributed by atoms with Gasteiger partial charge in [0.15, 0.2) is 0 Å². The molecule has 0 bridgehead atoms. The molecule has 20 heavy (non-hydrogen) atoms. The summed E-state index contributed by atoms with van der Waals surface area (Å²) in [7, 11) is 2.17. The molecule has 1 heterocycles. The Kier molecular flexibility index (Phi) is 6.34. The first-order valence-corrected chi connectivity index (χ1v) is 7.98. The summed E-state index contributed by atoms with van der Waals surface area (Å²) >= 11 is 0. The van der Waals surface area contributed by atoms with Gasteiger partial charge in [0, 0.05) is 31.4 Å². The third-order valence-electron chi connectivity index (χ3n) is 4.16. The lowest BCUT2D eigenvalue weighted by molar-refractivity contribution is 0.438. The zero-order valence-corrected chi connectivity index (χ0v) is 12.9. The minimum absolute atomic E-state index is 0.618. The summed E-state index contributed by atoms with van der Waals surface area (Å²) < 4.78 is 0. The van der Waals surface area contributed by atoms with Crippen molar-refractivity contribution in [1.82, 2.24) is 10.6 Å². The highest BCUT2D eigenvalue weighted by molar-refractivity contribution is 5.44. The maximum absolute atomic E-state index is 3.65. The number of nitrogens with one attached hydrogen (secondary N) is 2. The molecule has 2 unspecified atom stereocenters. The van der Waals surface area contributed by atoms with Gasteiger partial charge in [-0.05, 0) is 57.8 Å². The van der Waals surface area contributed by atoms with Gasteiger partial charge in [-0.1, -0.05) is 18.2 Å². The van der Waals surface area contributed by atoms with E-state index in [2.05, 4.69) is 59.8 Å². The van der Waals surface area contributed by atoms with E-state index in [1.54, 1.807) is 0 Å². The maximum atomic E-state index is 3.65. The summed E-state index contributed by atoms with van der Waals surface area (Å²) in [4.78, 5) is 2.32. The second-order valence-electron chi connectivity index (χ2n) is 5.99. The Labute approximate surface area is 123 Å². The topological polar surface area (TPSA) is 27.3 Å². The molecule has 0 aromatic heterocycles.